The van der Waals surface area contributed by atoms with Crippen LogP contribution in [0.4, 0.5) is 22.4 Å². The van der Waals surface area contributed by atoms with Crippen LogP contribution in [0.5, 0.6) is 5.75 Å². The number of fused-ring (bicyclic) bond motifs is 1. The number of hydrogen-bond acceptors (Lipinski definition) is 4. The number of allylic oxidation sites excluding steroid dienone is 1. The van der Waals surface area contributed by atoms with Crippen molar-refractivity contribution in [3.05, 3.63) is 95.4 Å². The fraction of sp³-hybridized carbons (Fsp3) is 0.281. The first-order chi connectivity index (χ1) is 20.9. The average molecular weight is 613 g/mol. The van der Waals surface area contributed by atoms with Crippen LogP contribution < -0.4 is 4.74 Å². The molecule has 0 atom stereocenters. The van der Waals surface area contributed by atoms with Crippen molar-refractivity contribution in [2.24, 2.45) is 0 Å². The third-order valence-corrected chi connectivity index (χ3v) is 6.96. The van der Waals surface area contributed by atoms with Crippen LogP contribution in [-0.4, -0.2) is 77.1 Å². The van der Waals surface area contributed by atoms with Gasteiger partial charge in [-0.25, -0.2) is 4.79 Å². The quantitative estimate of drug-likeness (QED) is 0.135. The molecule has 3 aromatic carbocycles. The van der Waals surface area contributed by atoms with Crippen LogP contribution >= 0.6 is 0 Å². The smallest absolute Gasteiger partial charge is 0.407 e. The number of H-pyrrole nitrogens is 1. The maximum Gasteiger partial charge on any atom is 0.407 e. The summed E-state index contributed by atoms with van der Waals surface area (Å²) in [6, 6.07) is 19.2. The van der Waals surface area contributed by atoms with E-state index in [2.05, 4.69) is 10.2 Å². The van der Waals surface area contributed by atoms with Crippen LogP contribution in [0, 0.1) is 5.95 Å². The average Bonchev–Trinajstić information content (AvgIpc) is 3.36. The van der Waals surface area contributed by atoms with Gasteiger partial charge in [-0.2, -0.15) is 22.7 Å². The summed E-state index contributed by atoms with van der Waals surface area (Å²) in [7, 11) is 3.26. The fourth-order valence-electron chi connectivity index (χ4n) is 4.76. The number of aromatic nitrogens is 2. The predicted molar refractivity (Wildman–Crippen MR) is 159 cm³/mol. The van der Waals surface area contributed by atoms with E-state index in [1.807, 2.05) is 0 Å². The molecule has 1 aromatic heterocycles. The number of alkyl halides is 3. The first kappa shape index (κ1) is 32.1. The van der Waals surface area contributed by atoms with E-state index in [0.29, 0.717) is 34.4 Å². The molecule has 0 aliphatic carbocycles. The van der Waals surface area contributed by atoms with E-state index >= 15 is 0 Å². The van der Waals surface area contributed by atoms with E-state index < -0.39 is 24.6 Å². The monoisotopic (exact) mass is 612 g/mol. The van der Waals surface area contributed by atoms with Gasteiger partial charge < -0.3 is 19.6 Å². The number of aromatic amines is 1. The maximum absolute atomic E-state index is 14.4. The summed E-state index contributed by atoms with van der Waals surface area (Å²) in [5.41, 5.74) is 1.81. The van der Waals surface area contributed by atoms with Crippen molar-refractivity contribution in [2.45, 2.75) is 25.4 Å². The predicted octanol–water partition coefficient (Wildman–Crippen LogP) is 6.84. The second kappa shape index (κ2) is 14.1. The lowest BCUT2D eigenvalue weighted by atomic mass is 9.87. The number of amides is 2. The van der Waals surface area contributed by atoms with Crippen LogP contribution in [-0.2, 0) is 4.79 Å². The number of ether oxygens (including phenoxy) is 1. The molecule has 0 saturated carbocycles. The van der Waals surface area contributed by atoms with E-state index in [1.54, 1.807) is 80.8 Å². The number of carbonyl (C=O) groups is 2. The summed E-state index contributed by atoms with van der Waals surface area (Å²) < 4.78 is 62.0. The molecule has 0 aliphatic heterocycles. The number of nitrogens with zero attached hydrogens (tertiary/aromatic N) is 3. The summed E-state index contributed by atoms with van der Waals surface area (Å²) in [4.78, 5) is 26.0. The molecular weight excluding hydrogens is 580 g/mol. The number of carbonyl (C=O) groups excluding carboxylic acids is 1. The highest BCUT2D eigenvalue weighted by molar-refractivity contribution is 6.00. The summed E-state index contributed by atoms with van der Waals surface area (Å²) in [6.45, 7) is 0.239. The van der Waals surface area contributed by atoms with Crippen LogP contribution in [0.15, 0.2) is 72.8 Å². The summed E-state index contributed by atoms with van der Waals surface area (Å²) in [5, 5.41) is 15.8. The van der Waals surface area contributed by atoms with Gasteiger partial charge in [-0.05, 0) is 58.5 Å². The van der Waals surface area contributed by atoms with Crippen LogP contribution in [0.2, 0.25) is 0 Å². The number of rotatable bonds is 12. The van der Waals surface area contributed by atoms with Gasteiger partial charge in [0.05, 0.1) is 23.9 Å². The first-order valence-corrected chi connectivity index (χ1v) is 13.8. The molecule has 0 spiro atoms. The zero-order chi connectivity index (χ0) is 31.9. The van der Waals surface area contributed by atoms with Gasteiger partial charge in [0.1, 0.15) is 12.4 Å². The van der Waals surface area contributed by atoms with E-state index in [9.17, 15) is 32.3 Å². The molecular formula is C32H32F4N4O4. The Bertz CT molecular complexity index is 1620. The summed E-state index contributed by atoms with van der Waals surface area (Å²) >= 11 is 0. The highest BCUT2D eigenvalue weighted by Gasteiger charge is 2.31. The normalized spacial score (nSPS) is 12.1. The minimum atomic E-state index is -4.53. The lowest BCUT2D eigenvalue weighted by Gasteiger charge is -2.20. The molecule has 4 aromatic rings. The Hall–Kier alpha value is -4.87. The van der Waals surface area contributed by atoms with Crippen LogP contribution in [0.3, 0.4) is 0 Å². The number of carboxylic acid groups (broad SMARTS) is 1. The van der Waals surface area contributed by atoms with Gasteiger partial charge in [-0.3, -0.25) is 9.89 Å². The fourth-order valence-corrected chi connectivity index (χ4v) is 4.76. The molecule has 2 amide bonds. The lowest BCUT2D eigenvalue weighted by molar-refractivity contribution is -0.128. The Morgan fingerprint density at radius 3 is 2.25 bits per heavy atom. The van der Waals surface area contributed by atoms with Gasteiger partial charge in [0, 0.05) is 27.1 Å². The Morgan fingerprint density at radius 1 is 0.932 bits per heavy atom. The van der Waals surface area contributed by atoms with Crippen molar-refractivity contribution >= 4 is 34.0 Å². The van der Waals surface area contributed by atoms with Crippen molar-refractivity contribution in [2.75, 3.05) is 33.8 Å². The molecule has 0 saturated heterocycles. The standard InChI is InChI=1S/C32H32F4N4O4/c1-39(2)28(41)9-6-16-40(31(42)43)17-18-44-24-13-10-22(11-14-24)29(23-12-15-27-25(19-23)30(33)38-37-27)26(20-32(34,35)36)21-7-4-3-5-8-21/h3-5,7-8,10-15,19H,6,9,16-18,20H2,1-2H3,(H,37,38)(H,42,43)/b29-26+. The molecule has 0 radical (unpaired) electrons. The van der Waals surface area contributed by atoms with E-state index in [4.69, 9.17) is 4.74 Å². The molecule has 0 bridgehead atoms. The van der Waals surface area contributed by atoms with Crippen molar-refractivity contribution < 1.29 is 37.0 Å². The van der Waals surface area contributed by atoms with Gasteiger partial charge in [0.25, 0.3) is 0 Å². The Morgan fingerprint density at radius 2 is 1.61 bits per heavy atom. The largest absolute Gasteiger partial charge is 0.492 e. The number of nitrogens with one attached hydrogen (secondary N) is 1. The Kier molecular flexibility index (Phi) is 10.2. The van der Waals surface area contributed by atoms with Crippen molar-refractivity contribution in [1.82, 2.24) is 20.0 Å². The first-order valence-electron chi connectivity index (χ1n) is 13.8. The van der Waals surface area contributed by atoms with E-state index in [-0.39, 0.29) is 48.6 Å². The highest BCUT2D eigenvalue weighted by Crippen LogP contribution is 2.40. The molecule has 12 heteroatoms. The zero-order valence-corrected chi connectivity index (χ0v) is 24.2. The van der Waals surface area contributed by atoms with E-state index in [0.717, 1.165) is 4.90 Å². The molecule has 44 heavy (non-hydrogen) atoms. The SMILES string of the molecule is CN(C)C(=O)CCCN(CCOc1ccc(/C(=C(/CC(F)(F)F)c2ccccc2)c2ccc3n[nH]c(F)c3c2)cc1)C(=O)O. The van der Waals surface area contributed by atoms with Crippen molar-refractivity contribution in [3.8, 4) is 5.75 Å². The Balaban J connectivity index is 1.61. The van der Waals surface area contributed by atoms with Crippen LogP contribution in [0.1, 0.15) is 36.0 Å². The molecule has 0 unspecified atom stereocenters. The van der Waals surface area contributed by atoms with E-state index in [1.165, 1.54) is 11.0 Å². The molecule has 0 fully saturated rings. The zero-order valence-electron chi connectivity index (χ0n) is 24.2. The molecule has 4 rings (SSSR count). The van der Waals surface area contributed by atoms with Gasteiger partial charge in [-0.15, -0.1) is 0 Å². The van der Waals surface area contributed by atoms with Gasteiger partial charge in [0.15, 0.2) is 0 Å². The van der Waals surface area contributed by atoms with Gasteiger partial charge in [0.2, 0.25) is 11.9 Å². The third-order valence-electron chi connectivity index (χ3n) is 6.96. The Labute approximate surface area is 251 Å². The molecule has 1 heterocycles. The maximum atomic E-state index is 14.4. The lowest BCUT2D eigenvalue weighted by Crippen LogP contribution is -2.35. The number of benzene rings is 3. The van der Waals surface area contributed by atoms with Gasteiger partial charge in [-0.1, -0.05) is 48.5 Å². The summed E-state index contributed by atoms with van der Waals surface area (Å²) in [5.74, 6) is -0.406. The van der Waals surface area contributed by atoms with Crippen molar-refractivity contribution in [1.29, 1.82) is 0 Å². The number of hydrogen-bond donors (Lipinski definition) is 2. The third kappa shape index (κ3) is 8.36. The molecule has 2 N–H and O–H groups in total. The molecule has 8 nitrogen and oxygen atoms in total. The van der Waals surface area contributed by atoms with Crippen LogP contribution in [0.25, 0.3) is 22.0 Å². The topological polar surface area (TPSA) is 98.8 Å². The second-order valence-corrected chi connectivity index (χ2v) is 10.3. The number of halogens is 4. The second-order valence-electron chi connectivity index (χ2n) is 10.3. The molecule has 232 valence electrons. The van der Waals surface area contributed by atoms with Crippen molar-refractivity contribution in [3.63, 3.8) is 0 Å². The highest BCUT2D eigenvalue weighted by atomic mass is 19.4. The molecule has 0 aliphatic rings. The minimum absolute atomic E-state index is 0.0138. The summed E-state index contributed by atoms with van der Waals surface area (Å²) in [6.07, 6.45) is -6.31. The van der Waals surface area contributed by atoms with Gasteiger partial charge >= 0.3 is 12.3 Å². The minimum Gasteiger partial charge on any atom is -0.492 e.